The molecule has 88 heavy (non-hydrogen) atoms. The molecule has 0 aromatic heterocycles. The largest absolute Gasteiger partial charge is 0.463 e. The number of rotatable bonds is 8. The minimum absolute atomic E-state index is 0.0382. The Hall–Kier alpha value is -5.86. The van der Waals surface area contributed by atoms with Crippen LogP contribution in [0.2, 0.25) is 0 Å². The minimum atomic E-state index is -0.399. The Morgan fingerprint density at radius 3 is 1.16 bits per heavy atom. The van der Waals surface area contributed by atoms with Gasteiger partial charge in [0.05, 0.1) is 110 Å². The van der Waals surface area contributed by atoms with Crippen molar-refractivity contribution in [1.82, 2.24) is 76.8 Å². The highest BCUT2D eigenvalue weighted by Gasteiger charge is 2.23. The van der Waals surface area contributed by atoms with E-state index in [0.717, 1.165) is 71.9 Å². The van der Waals surface area contributed by atoms with Gasteiger partial charge in [0.15, 0.2) is 0 Å². The normalized spacial score (nSPS) is 23.4. The average Bonchev–Trinajstić information content (AvgIpc) is 3.50. The first kappa shape index (κ1) is 80.2. The molecule has 0 aliphatic carbocycles. The average molecular weight is 1270 g/mol. The summed E-state index contributed by atoms with van der Waals surface area (Å²) in [6, 6.07) is 0. The summed E-state index contributed by atoms with van der Waals surface area (Å²) in [5.74, 6) is 0.179. The first-order valence-electron chi connectivity index (χ1n) is 29.9. The summed E-state index contributed by atoms with van der Waals surface area (Å²) in [6.07, 6.45) is 1.79. The van der Waals surface area contributed by atoms with Crippen LogP contribution in [0.4, 0.5) is 0 Å². The number of amides is 8. The van der Waals surface area contributed by atoms with E-state index in [1.54, 1.807) is 28.8 Å². The van der Waals surface area contributed by atoms with Gasteiger partial charge in [-0.15, -0.1) is 0 Å². The van der Waals surface area contributed by atoms with Crippen LogP contribution < -0.4 is 42.5 Å². The lowest BCUT2D eigenvalue weighted by molar-refractivity contribution is -0.150. The highest BCUT2D eigenvalue weighted by atomic mass is 16.5. The van der Waals surface area contributed by atoms with Gasteiger partial charge in [0.2, 0.25) is 47.3 Å². The molecule has 0 aromatic rings. The van der Waals surface area contributed by atoms with E-state index in [1.807, 2.05) is 26.6 Å². The van der Waals surface area contributed by atoms with Gasteiger partial charge in [-0.3, -0.25) is 67.5 Å². The molecule has 0 saturated carbocycles. The van der Waals surface area contributed by atoms with Crippen molar-refractivity contribution in [3.05, 3.63) is 0 Å². The predicted octanol–water partition coefficient (Wildman–Crippen LogP) is -10.6. The topological polar surface area (TPSA) is 450 Å². The Morgan fingerprint density at radius 2 is 0.818 bits per heavy atom. The summed E-state index contributed by atoms with van der Waals surface area (Å²) in [7, 11) is 5.38. The lowest BCUT2D eigenvalue weighted by Crippen LogP contribution is -2.49. The molecule has 10 heterocycles. The Bertz CT molecular complexity index is 1900. The predicted molar refractivity (Wildman–Crippen MR) is 318 cm³/mol. The van der Waals surface area contributed by atoms with Crippen molar-refractivity contribution < 1.29 is 93.2 Å². The van der Waals surface area contributed by atoms with E-state index in [-0.39, 0.29) is 98.5 Å². The van der Waals surface area contributed by atoms with Gasteiger partial charge < -0.3 is 102 Å². The Kier molecular flexibility index (Phi) is 45.5. The second kappa shape index (κ2) is 50.0. The fourth-order valence-corrected chi connectivity index (χ4v) is 8.31. The van der Waals surface area contributed by atoms with E-state index in [1.165, 1.54) is 0 Å². The first-order chi connectivity index (χ1) is 42.1. The van der Waals surface area contributed by atoms with Gasteiger partial charge in [-0.1, -0.05) is 0 Å². The third kappa shape index (κ3) is 42.1. The highest BCUT2D eigenvalue weighted by Crippen LogP contribution is 2.09. The van der Waals surface area contributed by atoms with E-state index in [2.05, 4.69) is 47.3 Å². The van der Waals surface area contributed by atoms with Crippen LogP contribution in [-0.2, 0) is 57.4 Å². The van der Waals surface area contributed by atoms with Crippen molar-refractivity contribution in [2.75, 3.05) is 231 Å². The molecular weight excluding hydrogens is 1160 g/mol. The van der Waals surface area contributed by atoms with Crippen molar-refractivity contribution >= 4 is 59.2 Å². The fourth-order valence-electron chi connectivity index (χ4n) is 8.31. The molecule has 10 aliphatic rings. The monoisotopic (exact) mass is 1270 g/mol. The van der Waals surface area contributed by atoms with E-state index >= 15 is 0 Å². The van der Waals surface area contributed by atoms with Gasteiger partial charge in [-0.25, -0.2) is 0 Å². The SMILES string of the molecule is CN1CCC(O)CC1=O.CN1CCN(CCO)CC1=O.CN1CCNCC1=O.O=C1CC(O)CCN1.O=C1CC(O)CCN1.O=C1CN(CCO)CCN1.O=C1CN(CCO)CCN1.O=C1CN(CCO)CCO1.O=C1CNCCN1.O=C1CNCCO1. The van der Waals surface area contributed by atoms with Crippen LogP contribution in [0, 0.1) is 0 Å². The minimum Gasteiger partial charge on any atom is -0.463 e. The zero-order chi connectivity index (χ0) is 65.5. The van der Waals surface area contributed by atoms with Crippen molar-refractivity contribution in [3.63, 3.8) is 0 Å². The maximum Gasteiger partial charge on any atom is 0.320 e. The summed E-state index contributed by atoms with van der Waals surface area (Å²) in [5.41, 5.74) is 0. The van der Waals surface area contributed by atoms with Crippen molar-refractivity contribution in [1.29, 1.82) is 0 Å². The molecule has 0 spiro atoms. The van der Waals surface area contributed by atoms with Crippen LogP contribution in [0.1, 0.15) is 38.5 Å². The Balaban J connectivity index is 0.000000490. The smallest absolute Gasteiger partial charge is 0.320 e. The number of ether oxygens (including phenoxy) is 2. The lowest BCUT2D eigenvalue weighted by atomic mass is 10.1. The summed E-state index contributed by atoms with van der Waals surface area (Å²) < 4.78 is 9.27. The van der Waals surface area contributed by atoms with E-state index in [0.29, 0.717) is 137 Å². The number of morpholine rings is 2. The molecule has 34 heteroatoms. The number of piperidine rings is 3. The van der Waals surface area contributed by atoms with Gasteiger partial charge in [-0.2, -0.15) is 0 Å². The van der Waals surface area contributed by atoms with Crippen LogP contribution in [0.5, 0.6) is 0 Å². The van der Waals surface area contributed by atoms with Crippen LogP contribution >= 0.6 is 0 Å². The van der Waals surface area contributed by atoms with E-state index in [4.69, 9.17) is 40.5 Å². The first-order valence-corrected chi connectivity index (χ1v) is 29.9. The number of esters is 2. The number of aliphatic hydroxyl groups is 7. The molecule has 3 atom stereocenters. The lowest BCUT2D eigenvalue weighted by Gasteiger charge is -2.31. The fraction of sp³-hybridized carbons (Fsp3) is 0.815. The molecule has 10 rings (SSSR count). The molecule has 0 radical (unpaired) electrons. The third-order valence-corrected chi connectivity index (χ3v) is 13.6. The number of likely N-dealkylation sites (tertiary alicyclic amines) is 1. The number of carbonyl (C=O) groups is 10. The number of nitrogens with one attached hydrogen (secondary N) is 8. The number of hydrogen-bond donors (Lipinski definition) is 15. The number of aliphatic hydroxyl groups excluding tert-OH is 7. The number of cyclic esters (lactones) is 2. The Morgan fingerprint density at radius 1 is 0.364 bits per heavy atom. The molecule has 15 N–H and O–H groups in total. The molecule has 0 bridgehead atoms. The molecule has 34 nitrogen and oxygen atoms in total. The van der Waals surface area contributed by atoms with Gasteiger partial charge >= 0.3 is 11.9 Å². The number of piperazine rings is 5. The van der Waals surface area contributed by atoms with Gasteiger partial charge in [0, 0.05) is 145 Å². The quantitative estimate of drug-likeness (QED) is 0.100. The standard InChI is InChI=1S/C7H14N2O2.2C6H12N2O2.C6H11NO3.C6H11NO2.C5H10N2O.2C5H9NO2.C4H8N2O.C4H7NO2/c1-8-2-3-9(4-5-10)6-7(8)11;2*9-4-3-8-2-1-7-6(10)5-8;8-3-1-7-2-4-10-6(9)5-7;1-7-3-2-5(8)4-6(7)9;1-7-3-2-6-4-5(7)8;2*7-4-1-2-6-5(8)3-4;7-4-3-5-1-2-6-4;6-4-3-5-1-2-7-4/h10H,2-6H2,1H3;2*9H,1-5H2,(H,7,10);8H,1-5H2;5,8H,2-4H2,1H3;6H,2-4H2,1H3;2*4,7H,1-3H2,(H,6,8);5H,1-3H2,(H,6,7);5H,1-3H2. The molecule has 8 amide bonds. The van der Waals surface area contributed by atoms with Crippen LogP contribution in [0.25, 0.3) is 0 Å². The van der Waals surface area contributed by atoms with E-state index in [9.17, 15) is 47.9 Å². The second-order valence-electron chi connectivity index (χ2n) is 21.1. The molecule has 10 fully saturated rings. The third-order valence-electron chi connectivity index (χ3n) is 13.6. The molecule has 0 aromatic carbocycles. The number of hydrogen-bond acceptors (Lipinski definition) is 26. The molecule has 508 valence electrons. The summed E-state index contributed by atoms with van der Waals surface area (Å²) in [4.78, 5) is 119. The van der Waals surface area contributed by atoms with Crippen molar-refractivity contribution in [2.24, 2.45) is 0 Å². The van der Waals surface area contributed by atoms with Crippen molar-refractivity contribution in [2.45, 2.75) is 56.8 Å². The van der Waals surface area contributed by atoms with Crippen LogP contribution in [0.3, 0.4) is 0 Å². The zero-order valence-electron chi connectivity index (χ0n) is 51.8. The molecule has 10 aliphatic heterocycles. The number of likely N-dealkylation sites (N-methyl/N-ethyl adjacent to an activating group) is 2. The number of β-amino-alcohol motifs (C(OH)–C–C–N with tert-alkyl or cyclic N) is 4. The van der Waals surface area contributed by atoms with Crippen LogP contribution in [0.15, 0.2) is 0 Å². The molecule has 3 unspecified atom stereocenters. The van der Waals surface area contributed by atoms with E-state index < -0.39 is 18.3 Å². The second-order valence-corrected chi connectivity index (χ2v) is 21.1. The Labute approximate surface area is 515 Å². The highest BCUT2D eigenvalue weighted by molar-refractivity contribution is 5.81. The number of carbonyl (C=O) groups excluding carboxylic acids is 10. The van der Waals surface area contributed by atoms with Crippen LogP contribution in [-0.4, -0.2) is 379 Å². The maximum atomic E-state index is 11.1. The van der Waals surface area contributed by atoms with Gasteiger partial charge in [0.25, 0.3) is 0 Å². The summed E-state index contributed by atoms with van der Waals surface area (Å²) in [5, 5.41) is 82.8. The summed E-state index contributed by atoms with van der Waals surface area (Å²) in [6.45, 7) is 18.6. The molecule has 10 saturated heterocycles. The molecular formula is C54H103N15O19. The zero-order valence-corrected chi connectivity index (χ0v) is 51.8. The number of nitrogens with zero attached hydrogens (tertiary/aromatic N) is 7. The maximum absolute atomic E-state index is 11.1. The summed E-state index contributed by atoms with van der Waals surface area (Å²) >= 11 is 0. The van der Waals surface area contributed by atoms with Crippen molar-refractivity contribution in [3.8, 4) is 0 Å². The van der Waals surface area contributed by atoms with Gasteiger partial charge in [-0.05, 0) is 19.3 Å². The van der Waals surface area contributed by atoms with Gasteiger partial charge in [0.1, 0.15) is 13.2 Å².